The lowest BCUT2D eigenvalue weighted by Gasteiger charge is -2.01. The Morgan fingerprint density at radius 3 is 2.73 bits per heavy atom. The fraction of sp³-hybridized carbons (Fsp3) is 0.500. The zero-order chi connectivity index (χ0) is 10.8. The molecule has 0 bridgehead atoms. The third-order valence-corrected chi connectivity index (χ3v) is 2.17. The summed E-state index contributed by atoms with van der Waals surface area (Å²) in [5, 5.41) is 18.5. The monoisotopic (exact) mass is 207 g/mol. The molecule has 0 atom stereocenters. The predicted molar refractivity (Wildman–Crippen MR) is 54.1 cm³/mol. The number of nitrogens with one attached hydrogen (secondary N) is 1. The number of hydrogen-bond donors (Lipinski definition) is 1. The Bertz CT molecular complexity index is 455. The van der Waals surface area contributed by atoms with Gasteiger partial charge in [0.2, 0.25) is 5.95 Å². The first-order valence-electron chi connectivity index (χ1n) is 4.62. The van der Waals surface area contributed by atoms with Crippen molar-refractivity contribution in [3.05, 3.63) is 17.5 Å². The van der Waals surface area contributed by atoms with Crippen LogP contribution in [-0.4, -0.2) is 30.0 Å². The maximum absolute atomic E-state index is 4.25. The van der Waals surface area contributed by atoms with Gasteiger partial charge in [-0.05, 0) is 17.4 Å². The Balaban J connectivity index is 2.05. The van der Waals surface area contributed by atoms with Gasteiger partial charge in [0.05, 0.1) is 5.69 Å². The molecular weight excluding hydrogens is 194 g/mol. The molecule has 2 heterocycles. The average molecular weight is 207 g/mol. The summed E-state index contributed by atoms with van der Waals surface area (Å²) >= 11 is 0. The van der Waals surface area contributed by atoms with E-state index in [9.17, 15) is 0 Å². The third kappa shape index (κ3) is 1.95. The van der Waals surface area contributed by atoms with Gasteiger partial charge in [0.1, 0.15) is 0 Å². The Kier molecular flexibility index (Phi) is 2.36. The largest absolute Gasteiger partial charge is 0.349 e. The molecule has 7 heteroatoms. The van der Waals surface area contributed by atoms with Gasteiger partial charge in [0, 0.05) is 32.4 Å². The molecule has 80 valence electrons. The maximum atomic E-state index is 4.25. The first-order valence-corrected chi connectivity index (χ1v) is 4.62. The first kappa shape index (κ1) is 9.63. The van der Waals surface area contributed by atoms with Crippen molar-refractivity contribution in [1.82, 2.24) is 30.0 Å². The van der Waals surface area contributed by atoms with Crippen LogP contribution in [0, 0.1) is 6.92 Å². The number of hydrogen-bond acceptors (Lipinski definition) is 5. The molecule has 0 saturated carbocycles. The van der Waals surface area contributed by atoms with Crippen LogP contribution in [0.5, 0.6) is 0 Å². The van der Waals surface area contributed by atoms with Gasteiger partial charge in [-0.1, -0.05) is 5.10 Å². The molecule has 0 aliphatic heterocycles. The molecule has 0 aromatic carbocycles. The third-order valence-electron chi connectivity index (χ3n) is 2.17. The summed E-state index contributed by atoms with van der Waals surface area (Å²) in [5.41, 5.74) is 2.15. The van der Waals surface area contributed by atoms with Gasteiger partial charge >= 0.3 is 0 Å². The molecule has 0 aliphatic carbocycles. The molecular formula is C8H13N7. The molecule has 15 heavy (non-hydrogen) atoms. The van der Waals surface area contributed by atoms with Crippen LogP contribution in [0.3, 0.4) is 0 Å². The Hall–Kier alpha value is -1.92. The average Bonchev–Trinajstić information content (AvgIpc) is 2.70. The van der Waals surface area contributed by atoms with Crippen molar-refractivity contribution < 1.29 is 0 Å². The van der Waals surface area contributed by atoms with E-state index in [0.717, 1.165) is 11.3 Å². The molecule has 0 saturated heterocycles. The minimum atomic E-state index is 0.651. The lowest BCUT2D eigenvalue weighted by atomic mass is 10.3. The quantitative estimate of drug-likeness (QED) is 0.758. The van der Waals surface area contributed by atoms with Gasteiger partial charge in [-0.3, -0.25) is 4.68 Å². The molecule has 0 aliphatic rings. The number of nitrogens with zero attached hydrogens (tertiary/aromatic N) is 6. The van der Waals surface area contributed by atoms with Gasteiger partial charge in [-0.25, -0.2) is 4.68 Å². The van der Waals surface area contributed by atoms with Crippen LogP contribution >= 0.6 is 0 Å². The Morgan fingerprint density at radius 1 is 1.40 bits per heavy atom. The summed E-state index contributed by atoms with van der Waals surface area (Å²) in [5.74, 6) is 0.651. The topological polar surface area (TPSA) is 73.5 Å². The molecule has 0 radical (unpaired) electrons. The number of tetrazole rings is 1. The second kappa shape index (κ2) is 3.68. The molecule has 1 N–H and O–H groups in total. The molecule has 2 aromatic heterocycles. The van der Waals surface area contributed by atoms with Gasteiger partial charge in [0.15, 0.2) is 0 Å². The standard InChI is InChI=1S/C8H13N7/c1-6-7(5-14(2)11-6)4-9-8-10-12-13-15(8)3/h5H,4H2,1-3H3,(H,9,10,13). The van der Waals surface area contributed by atoms with Crippen LogP contribution in [0.4, 0.5) is 5.95 Å². The minimum absolute atomic E-state index is 0.651. The predicted octanol–water partition coefficient (Wildman–Crippen LogP) is -0.136. The smallest absolute Gasteiger partial charge is 0.242 e. The van der Waals surface area contributed by atoms with E-state index in [0.29, 0.717) is 12.5 Å². The second-order valence-electron chi connectivity index (χ2n) is 3.39. The summed E-state index contributed by atoms with van der Waals surface area (Å²) in [4.78, 5) is 0. The van der Waals surface area contributed by atoms with Crippen LogP contribution < -0.4 is 5.32 Å². The molecule has 7 nitrogen and oxygen atoms in total. The number of rotatable bonds is 3. The molecule has 0 unspecified atom stereocenters. The van der Waals surface area contributed by atoms with E-state index in [1.54, 1.807) is 16.4 Å². The zero-order valence-electron chi connectivity index (χ0n) is 8.97. The Labute approximate surface area is 87.1 Å². The SMILES string of the molecule is Cc1nn(C)cc1CNc1nnnn1C. The highest BCUT2D eigenvalue weighted by Gasteiger charge is 2.05. The van der Waals surface area contributed by atoms with Crippen molar-refractivity contribution in [2.45, 2.75) is 13.5 Å². The van der Waals surface area contributed by atoms with Crippen molar-refractivity contribution in [2.75, 3.05) is 5.32 Å². The number of aryl methyl sites for hydroxylation is 3. The van der Waals surface area contributed by atoms with Crippen molar-refractivity contribution >= 4 is 5.95 Å². The van der Waals surface area contributed by atoms with E-state index in [-0.39, 0.29) is 0 Å². The normalized spacial score (nSPS) is 10.6. The Morgan fingerprint density at radius 2 is 2.20 bits per heavy atom. The van der Waals surface area contributed by atoms with E-state index in [1.807, 2.05) is 20.2 Å². The fourth-order valence-electron chi connectivity index (χ4n) is 1.38. The molecule has 2 aromatic rings. The highest BCUT2D eigenvalue weighted by Crippen LogP contribution is 2.07. The highest BCUT2D eigenvalue weighted by molar-refractivity contribution is 5.26. The van der Waals surface area contributed by atoms with E-state index in [2.05, 4.69) is 25.9 Å². The van der Waals surface area contributed by atoms with Crippen LogP contribution in [0.2, 0.25) is 0 Å². The van der Waals surface area contributed by atoms with Crippen LogP contribution in [0.25, 0.3) is 0 Å². The molecule has 0 fully saturated rings. The lowest BCUT2D eigenvalue weighted by Crippen LogP contribution is -2.05. The molecule has 0 spiro atoms. The van der Waals surface area contributed by atoms with Crippen LogP contribution in [0.1, 0.15) is 11.3 Å². The van der Waals surface area contributed by atoms with E-state index in [4.69, 9.17) is 0 Å². The summed E-state index contributed by atoms with van der Waals surface area (Å²) in [6.45, 7) is 2.65. The second-order valence-corrected chi connectivity index (χ2v) is 3.39. The highest BCUT2D eigenvalue weighted by atomic mass is 15.6. The zero-order valence-corrected chi connectivity index (χ0v) is 8.97. The fourth-order valence-corrected chi connectivity index (χ4v) is 1.38. The maximum Gasteiger partial charge on any atom is 0.242 e. The van der Waals surface area contributed by atoms with Crippen molar-refractivity contribution in [3.8, 4) is 0 Å². The molecule has 0 amide bonds. The first-order chi connectivity index (χ1) is 7.16. The minimum Gasteiger partial charge on any atom is -0.349 e. The van der Waals surface area contributed by atoms with Gasteiger partial charge in [-0.15, -0.1) is 0 Å². The van der Waals surface area contributed by atoms with Crippen LogP contribution in [-0.2, 0) is 20.6 Å². The van der Waals surface area contributed by atoms with E-state index >= 15 is 0 Å². The van der Waals surface area contributed by atoms with Gasteiger partial charge < -0.3 is 5.32 Å². The van der Waals surface area contributed by atoms with Gasteiger partial charge in [0.25, 0.3) is 0 Å². The van der Waals surface area contributed by atoms with Crippen molar-refractivity contribution in [3.63, 3.8) is 0 Å². The summed E-state index contributed by atoms with van der Waals surface area (Å²) in [7, 11) is 3.69. The summed E-state index contributed by atoms with van der Waals surface area (Å²) in [6.07, 6.45) is 1.98. The summed E-state index contributed by atoms with van der Waals surface area (Å²) < 4.78 is 3.38. The van der Waals surface area contributed by atoms with Crippen molar-refractivity contribution in [2.24, 2.45) is 14.1 Å². The van der Waals surface area contributed by atoms with E-state index in [1.165, 1.54) is 0 Å². The van der Waals surface area contributed by atoms with E-state index < -0.39 is 0 Å². The van der Waals surface area contributed by atoms with Crippen LogP contribution in [0.15, 0.2) is 6.20 Å². The number of aromatic nitrogens is 6. The number of anilines is 1. The van der Waals surface area contributed by atoms with Gasteiger partial charge in [-0.2, -0.15) is 5.10 Å². The lowest BCUT2D eigenvalue weighted by molar-refractivity contribution is 0.712. The van der Waals surface area contributed by atoms with Crippen molar-refractivity contribution in [1.29, 1.82) is 0 Å². The molecule has 2 rings (SSSR count). The summed E-state index contributed by atoms with van der Waals surface area (Å²) in [6, 6.07) is 0.